The first kappa shape index (κ1) is 23.3. The normalized spacial score (nSPS) is 18.5. The van der Waals surface area contributed by atoms with Gasteiger partial charge in [-0.3, -0.25) is 19.4 Å². The van der Waals surface area contributed by atoms with Crippen LogP contribution < -0.4 is 16.0 Å². The van der Waals surface area contributed by atoms with Crippen LogP contribution in [0.25, 0.3) is 0 Å². The van der Waals surface area contributed by atoms with E-state index in [9.17, 15) is 23.2 Å². The molecule has 0 aliphatic carbocycles. The molecule has 0 unspecified atom stereocenters. The average Bonchev–Trinajstić information content (AvgIpc) is 3.17. The SMILES string of the molecule is N#C[C@@H]1CC(F)(F)CN1C(=O)CNC(=O)c1ccncc1NC(=O)c1ccc2c(c1)CCNC2. The number of amides is 3. The number of anilines is 1. The van der Waals surface area contributed by atoms with Crippen molar-refractivity contribution in [3.05, 3.63) is 58.9 Å². The Balaban J connectivity index is 1.42. The molecule has 11 heteroatoms. The van der Waals surface area contributed by atoms with E-state index in [-0.39, 0.29) is 11.3 Å². The maximum absolute atomic E-state index is 13.6. The largest absolute Gasteiger partial charge is 0.343 e. The van der Waals surface area contributed by atoms with E-state index in [1.54, 1.807) is 12.1 Å². The number of hydrogen-bond donors (Lipinski definition) is 3. The number of halogens is 2. The molecule has 1 fully saturated rings. The second-order valence-corrected chi connectivity index (χ2v) is 8.19. The standard InChI is InChI=1S/C23H22F2N6O3/c24-23(25)8-17(9-26)31(13-23)20(32)12-29-22(34)18-4-6-28-11-19(18)30-21(33)15-1-2-16-10-27-5-3-14(16)7-15/h1-2,4,6-7,11,17,27H,3,5,8,10,12-13H2,(H,29,34)(H,30,33)/t17-/m0/s1. The molecule has 0 saturated carbocycles. The number of rotatable bonds is 5. The molecule has 2 aliphatic heterocycles. The summed E-state index contributed by atoms with van der Waals surface area (Å²) in [7, 11) is 0. The van der Waals surface area contributed by atoms with Gasteiger partial charge in [-0.2, -0.15) is 5.26 Å². The number of nitrogens with one attached hydrogen (secondary N) is 3. The monoisotopic (exact) mass is 468 g/mol. The van der Waals surface area contributed by atoms with Crippen molar-refractivity contribution in [3.63, 3.8) is 0 Å². The van der Waals surface area contributed by atoms with Gasteiger partial charge >= 0.3 is 0 Å². The van der Waals surface area contributed by atoms with E-state index in [0.29, 0.717) is 5.56 Å². The summed E-state index contributed by atoms with van der Waals surface area (Å²) in [6, 6.07) is 7.21. The van der Waals surface area contributed by atoms with Gasteiger partial charge in [-0.05, 0) is 42.3 Å². The van der Waals surface area contributed by atoms with Crippen molar-refractivity contribution in [1.29, 1.82) is 5.26 Å². The number of benzene rings is 1. The van der Waals surface area contributed by atoms with Crippen LogP contribution in [0.1, 0.15) is 38.3 Å². The minimum Gasteiger partial charge on any atom is -0.343 e. The molecule has 0 bridgehead atoms. The number of nitriles is 1. The van der Waals surface area contributed by atoms with E-state index in [1.807, 2.05) is 12.1 Å². The average molecular weight is 468 g/mol. The van der Waals surface area contributed by atoms with Gasteiger partial charge in [-0.15, -0.1) is 0 Å². The predicted molar refractivity (Wildman–Crippen MR) is 117 cm³/mol. The van der Waals surface area contributed by atoms with Gasteiger partial charge in [0, 0.05) is 24.7 Å². The van der Waals surface area contributed by atoms with Gasteiger partial charge in [-0.25, -0.2) is 8.78 Å². The third-order valence-electron chi connectivity index (χ3n) is 5.81. The van der Waals surface area contributed by atoms with Crippen molar-refractivity contribution < 1.29 is 23.2 Å². The molecule has 1 aromatic heterocycles. The second-order valence-electron chi connectivity index (χ2n) is 8.19. The van der Waals surface area contributed by atoms with Gasteiger partial charge in [0.15, 0.2) is 0 Å². The molecule has 3 amide bonds. The zero-order chi connectivity index (χ0) is 24.3. The Labute approximate surface area is 194 Å². The zero-order valence-electron chi connectivity index (χ0n) is 18.1. The zero-order valence-corrected chi connectivity index (χ0v) is 18.1. The molecule has 0 radical (unpaired) electrons. The van der Waals surface area contributed by atoms with Crippen LogP contribution in [-0.2, 0) is 17.8 Å². The Bertz CT molecular complexity index is 1180. The van der Waals surface area contributed by atoms with Crippen molar-refractivity contribution >= 4 is 23.4 Å². The number of hydrogen-bond acceptors (Lipinski definition) is 6. The maximum atomic E-state index is 13.6. The molecule has 2 aromatic rings. The topological polar surface area (TPSA) is 127 Å². The quantitative estimate of drug-likeness (QED) is 0.610. The van der Waals surface area contributed by atoms with Gasteiger partial charge in [0.2, 0.25) is 5.91 Å². The number of carbonyl (C=O) groups is 3. The number of nitrogens with zero attached hydrogens (tertiary/aromatic N) is 3. The molecule has 3 N–H and O–H groups in total. The fraction of sp³-hybridized carbons (Fsp3) is 0.348. The fourth-order valence-corrected chi connectivity index (χ4v) is 4.05. The van der Waals surface area contributed by atoms with E-state index in [4.69, 9.17) is 5.26 Å². The molecule has 2 aliphatic rings. The number of alkyl halides is 2. The fourth-order valence-electron chi connectivity index (χ4n) is 4.05. The summed E-state index contributed by atoms with van der Waals surface area (Å²) in [5.74, 6) is -5.05. The van der Waals surface area contributed by atoms with E-state index < -0.39 is 49.2 Å². The molecule has 34 heavy (non-hydrogen) atoms. The molecular weight excluding hydrogens is 446 g/mol. The molecule has 1 saturated heterocycles. The molecule has 0 spiro atoms. The van der Waals surface area contributed by atoms with Crippen LogP contribution in [0, 0.1) is 11.3 Å². The number of carbonyl (C=O) groups excluding carboxylic acids is 3. The van der Waals surface area contributed by atoms with Crippen molar-refractivity contribution in [1.82, 2.24) is 20.5 Å². The Hall–Kier alpha value is -3.91. The smallest absolute Gasteiger partial charge is 0.268 e. The van der Waals surface area contributed by atoms with Crippen LogP contribution in [0.5, 0.6) is 0 Å². The molecule has 1 atom stereocenters. The lowest BCUT2D eigenvalue weighted by Gasteiger charge is -2.19. The summed E-state index contributed by atoms with van der Waals surface area (Å²) in [6.07, 6.45) is 2.73. The van der Waals surface area contributed by atoms with Gasteiger partial charge in [-0.1, -0.05) is 6.07 Å². The number of likely N-dealkylation sites (tertiary alicyclic amines) is 1. The van der Waals surface area contributed by atoms with Crippen LogP contribution in [-0.4, -0.2) is 59.2 Å². The van der Waals surface area contributed by atoms with Gasteiger partial charge in [0.25, 0.3) is 17.7 Å². The number of aromatic nitrogens is 1. The highest BCUT2D eigenvalue weighted by atomic mass is 19.3. The number of fused-ring (bicyclic) bond motifs is 1. The molecule has 4 rings (SSSR count). The molecular formula is C23H22F2N6O3. The minimum atomic E-state index is -3.14. The summed E-state index contributed by atoms with van der Waals surface area (Å²) >= 11 is 0. The summed E-state index contributed by atoms with van der Waals surface area (Å²) in [5.41, 5.74) is 2.84. The molecule has 1 aromatic carbocycles. The summed E-state index contributed by atoms with van der Waals surface area (Å²) in [5, 5.41) is 17.3. The first-order chi connectivity index (χ1) is 16.3. The Morgan fingerprint density at radius 3 is 2.85 bits per heavy atom. The van der Waals surface area contributed by atoms with E-state index in [2.05, 4.69) is 20.9 Å². The lowest BCUT2D eigenvalue weighted by molar-refractivity contribution is -0.131. The van der Waals surface area contributed by atoms with Crippen LogP contribution in [0.2, 0.25) is 0 Å². The van der Waals surface area contributed by atoms with Crippen LogP contribution in [0.15, 0.2) is 36.7 Å². The first-order valence-electron chi connectivity index (χ1n) is 10.7. The number of pyridine rings is 1. The van der Waals surface area contributed by atoms with Gasteiger partial charge in [0.05, 0.1) is 36.6 Å². The predicted octanol–water partition coefficient (Wildman–Crippen LogP) is 1.47. The van der Waals surface area contributed by atoms with E-state index in [1.165, 1.54) is 18.5 Å². The lowest BCUT2D eigenvalue weighted by Crippen LogP contribution is -2.43. The molecule has 9 nitrogen and oxygen atoms in total. The summed E-state index contributed by atoms with van der Waals surface area (Å²) < 4.78 is 27.2. The Morgan fingerprint density at radius 2 is 2.06 bits per heavy atom. The maximum Gasteiger partial charge on any atom is 0.268 e. The van der Waals surface area contributed by atoms with Crippen LogP contribution >= 0.6 is 0 Å². The summed E-state index contributed by atoms with van der Waals surface area (Å²) in [4.78, 5) is 42.5. The molecule has 176 valence electrons. The van der Waals surface area contributed by atoms with Crippen molar-refractivity contribution in [2.24, 2.45) is 0 Å². The lowest BCUT2D eigenvalue weighted by atomic mass is 9.98. The van der Waals surface area contributed by atoms with Gasteiger partial charge in [0.1, 0.15) is 6.04 Å². The minimum absolute atomic E-state index is 0.0573. The molecule has 3 heterocycles. The third-order valence-corrected chi connectivity index (χ3v) is 5.81. The highest BCUT2D eigenvalue weighted by Crippen LogP contribution is 2.31. The highest BCUT2D eigenvalue weighted by Gasteiger charge is 2.47. The second kappa shape index (κ2) is 9.52. The van der Waals surface area contributed by atoms with Gasteiger partial charge < -0.3 is 20.9 Å². The van der Waals surface area contributed by atoms with E-state index >= 15 is 0 Å². The van der Waals surface area contributed by atoms with E-state index in [0.717, 1.165) is 35.5 Å². The van der Waals surface area contributed by atoms with Crippen molar-refractivity contribution in [3.8, 4) is 6.07 Å². The Kier molecular flexibility index (Phi) is 6.51. The van der Waals surface area contributed by atoms with Crippen LogP contribution in [0.3, 0.4) is 0 Å². The Morgan fingerprint density at radius 1 is 1.24 bits per heavy atom. The summed E-state index contributed by atoms with van der Waals surface area (Å²) in [6.45, 7) is 0.135. The van der Waals surface area contributed by atoms with Crippen LogP contribution in [0.4, 0.5) is 14.5 Å². The highest BCUT2D eigenvalue weighted by molar-refractivity contribution is 6.09. The third kappa shape index (κ3) is 5.02. The first-order valence-corrected chi connectivity index (χ1v) is 10.7. The van der Waals surface area contributed by atoms with Crippen molar-refractivity contribution in [2.75, 3.05) is 25.0 Å². The van der Waals surface area contributed by atoms with Crippen molar-refractivity contribution in [2.45, 2.75) is 31.4 Å².